The molecule has 1 heterocycles. The lowest BCUT2D eigenvalue weighted by molar-refractivity contribution is 0.0600. The number of nitrogens with zero attached hydrogens (tertiary/aromatic N) is 2. The summed E-state index contributed by atoms with van der Waals surface area (Å²) < 4.78 is 18.5. The Morgan fingerprint density at radius 3 is 2.70 bits per heavy atom. The van der Waals surface area contributed by atoms with Gasteiger partial charge in [-0.25, -0.2) is 14.2 Å². The molecule has 1 aromatic heterocycles. The summed E-state index contributed by atoms with van der Waals surface area (Å²) in [7, 11) is 3.23. The smallest absolute Gasteiger partial charge is 0.337 e. The molecule has 2 aromatic rings. The van der Waals surface area contributed by atoms with Crippen LogP contribution >= 0.6 is 0 Å². The van der Waals surface area contributed by atoms with Gasteiger partial charge in [-0.1, -0.05) is 6.07 Å². The minimum absolute atomic E-state index is 0.184. The van der Waals surface area contributed by atoms with Crippen molar-refractivity contribution < 1.29 is 13.9 Å². The van der Waals surface area contributed by atoms with Crippen LogP contribution in [0.5, 0.6) is 0 Å². The van der Waals surface area contributed by atoms with Crippen LogP contribution < -0.4 is 10.2 Å². The third-order valence-corrected chi connectivity index (χ3v) is 3.55. The van der Waals surface area contributed by atoms with E-state index in [2.05, 4.69) is 22.0 Å². The van der Waals surface area contributed by atoms with Gasteiger partial charge >= 0.3 is 5.97 Å². The molecule has 0 radical (unpaired) electrons. The quantitative estimate of drug-likeness (QED) is 0.830. The Balaban J connectivity index is 2.02. The summed E-state index contributed by atoms with van der Waals surface area (Å²) >= 11 is 0. The van der Waals surface area contributed by atoms with Crippen LogP contribution in [0.1, 0.15) is 22.8 Å². The molecule has 122 valence electrons. The van der Waals surface area contributed by atoms with Crippen LogP contribution in [-0.2, 0) is 11.3 Å². The van der Waals surface area contributed by atoms with Crippen molar-refractivity contribution in [2.45, 2.75) is 13.5 Å². The van der Waals surface area contributed by atoms with E-state index in [4.69, 9.17) is 0 Å². The van der Waals surface area contributed by atoms with Crippen molar-refractivity contribution in [3.63, 3.8) is 0 Å². The summed E-state index contributed by atoms with van der Waals surface area (Å²) in [6.45, 7) is 3.37. The summed E-state index contributed by atoms with van der Waals surface area (Å²) in [6, 6.07) is 8.08. The highest BCUT2D eigenvalue weighted by atomic mass is 19.1. The molecule has 1 aromatic carbocycles. The fourth-order valence-electron chi connectivity index (χ4n) is 2.01. The van der Waals surface area contributed by atoms with Crippen LogP contribution in [0.2, 0.25) is 0 Å². The molecule has 0 aliphatic heterocycles. The number of methoxy groups -OCH3 is 1. The fraction of sp³-hybridized carbons (Fsp3) is 0.294. The first-order valence-corrected chi connectivity index (χ1v) is 7.33. The number of pyridine rings is 1. The van der Waals surface area contributed by atoms with Crippen LogP contribution in [0.3, 0.4) is 0 Å². The highest BCUT2D eigenvalue weighted by Gasteiger charge is 2.09. The number of carbonyl (C=O) groups excluding carboxylic acids is 1. The van der Waals surface area contributed by atoms with Gasteiger partial charge in [0.1, 0.15) is 11.6 Å². The number of anilines is 2. The van der Waals surface area contributed by atoms with Crippen molar-refractivity contribution in [3.8, 4) is 0 Å². The van der Waals surface area contributed by atoms with Crippen molar-refractivity contribution in [2.75, 3.05) is 30.9 Å². The predicted octanol–water partition coefficient (Wildman–Crippen LogP) is 3.08. The van der Waals surface area contributed by atoms with E-state index in [0.29, 0.717) is 12.2 Å². The van der Waals surface area contributed by atoms with Gasteiger partial charge in [0.15, 0.2) is 0 Å². The van der Waals surface area contributed by atoms with Gasteiger partial charge in [0.2, 0.25) is 0 Å². The summed E-state index contributed by atoms with van der Waals surface area (Å²) in [6.07, 6.45) is 1.76. The van der Waals surface area contributed by atoms with Gasteiger partial charge in [-0.15, -0.1) is 0 Å². The second-order valence-electron chi connectivity index (χ2n) is 5.08. The zero-order valence-electron chi connectivity index (χ0n) is 13.5. The Morgan fingerprint density at radius 2 is 2.13 bits per heavy atom. The number of carbonyl (C=O) groups is 1. The van der Waals surface area contributed by atoms with Gasteiger partial charge in [0.05, 0.1) is 18.4 Å². The van der Waals surface area contributed by atoms with E-state index >= 15 is 0 Å². The summed E-state index contributed by atoms with van der Waals surface area (Å²) in [5, 5.41) is 3.00. The molecular weight excluding hydrogens is 297 g/mol. The highest BCUT2D eigenvalue weighted by Crippen LogP contribution is 2.18. The van der Waals surface area contributed by atoms with Crippen molar-refractivity contribution in [1.82, 2.24) is 4.98 Å². The maximum Gasteiger partial charge on any atom is 0.337 e. The molecule has 0 amide bonds. The van der Waals surface area contributed by atoms with Crippen molar-refractivity contribution in [2.24, 2.45) is 0 Å². The van der Waals surface area contributed by atoms with E-state index in [9.17, 15) is 9.18 Å². The van der Waals surface area contributed by atoms with Crippen molar-refractivity contribution in [1.29, 1.82) is 0 Å². The van der Waals surface area contributed by atoms with Crippen molar-refractivity contribution in [3.05, 3.63) is 53.5 Å². The highest BCUT2D eigenvalue weighted by molar-refractivity contribution is 5.89. The molecule has 2 rings (SSSR count). The molecule has 0 atom stereocenters. The van der Waals surface area contributed by atoms with E-state index in [1.807, 2.05) is 24.1 Å². The van der Waals surface area contributed by atoms with Crippen LogP contribution in [-0.4, -0.2) is 31.7 Å². The number of rotatable bonds is 6. The first kappa shape index (κ1) is 16.7. The topological polar surface area (TPSA) is 54.5 Å². The molecule has 0 unspecified atom stereocenters. The zero-order valence-corrected chi connectivity index (χ0v) is 13.5. The normalized spacial score (nSPS) is 10.3. The maximum atomic E-state index is 14.0. The van der Waals surface area contributed by atoms with E-state index in [1.54, 1.807) is 6.20 Å². The van der Waals surface area contributed by atoms with Gasteiger partial charge in [-0.05, 0) is 36.8 Å². The average molecular weight is 317 g/mol. The lowest BCUT2D eigenvalue weighted by Gasteiger charge is -2.15. The number of halogens is 1. The second-order valence-corrected chi connectivity index (χ2v) is 5.08. The van der Waals surface area contributed by atoms with E-state index in [-0.39, 0.29) is 5.56 Å². The maximum absolute atomic E-state index is 14.0. The SMILES string of the molecule is CCN(C)c1ccc(CNc2ccc(C(=O)OC)cc2F)cn1. The Hall–Kier alpha value is -2.63. The monoisotopic (exact) mass is 317 g/mol. The van der Waals surface area contributed by atoms with Crippen LogP contribution in [0.15, 0.2) is 36.5 Å². The van der Waals surface area contributed by atoms with Crippen LogP contribution in [0.4, 0.5) is 15.9 Å². The molecule has 0 bridgehead atoms. The molecular formula is C17H20FN3O2. The average Bonchev–Trinajstić information content (AvgIpc) is 2.59. The first-order chi connectivity index (χ1) is 11.0. The summed E-state index contributed by atoms with van der Waals surface area (Å²) in [5.41, 5.74) is 1.45. The first-order valence-electron chi connectivity index (χ1n) is 7.33. The van der Waals surface area contributed by atoms with Gasteiger partial charge in [0, 0.05) is 26.3 Å². The lowest BCUT2D eigenvalue weighted by Crippen LogP contribution is -2.17. The number of hydrogen-bond donors (Lipinski definition) is 1. The number of nitrogens with one attached hydrogen (secondary N) is 1. The van der Waals surface area contributed by atoms with Crippen LogP contribution in [0.25, 0.3) is 0 Å². The molecule has 0 saturated heterocycles. The zero-order chi connectivity index (χ0) is 16.8. The minimum atomic E-state index is -0.560. The van der Waals surface area contributed by atoms with E-state index in [0.717, 1.165) is 24.0 Å². The largest absolute Gasteiger partial charge is 0.465 e. The Labute approximate surface area is 135 Å². The van der Waals surface area contributed by atoms with Gasteiger partial charge < -0.3 is 15.0 Å². The predicted molar refractivity (Wildman–Crippen MR) is 88.2 cm³/mol. The Kier molecular flexibility index (Phi) is 5.51. The number of benzene rings is 1. The number of esters is 1. The van der Waals surface area contributed by atoms with Gasteiger partial charge in [-0.3, -0.25) is 0 Å². The molecule has 0 saturated carbocycles. The van der Waals surface area contributed by atoms with Gasteiger partial charge in [-0.2, -0.15) is 0 Å². The Morgan fingerprint density at radius 1 is 1.35 bits per heavy atom. The standard InChI is InChI=1S/C17H20FN3O2/c1-4-21(2)16-8-5-12(11-20-16)10-19-15-7-6-13(9-14(15)18)17(22)23-3/h5-9,11,19H,4,10H2,1-3H3. The number of hydrogen-bond acceptors (Lipinski definition) is 5. The van der Waals surface area contributed by atoms with Crippen LogP contribution in [0, 0.1) is 5.82 Å². The summed E-state index contributed by atoms with van der Waals surface area (Å²) in [5.74, 6) is -0.164. The molecule has 23 heavy (non-hydrogen) atoms. The molecule has 0 aliphatic rings. The third kappa shape index (κ3) is 4.18. The second kappa shape index (κ2) is 7.58. The molecule has 5 nitrogen and oxygen atoms in total. The molecule has 0 spiro atoms. The third-order valence-electron chi connectivity index (χ3n) is 3.55. The summed E-state index contributed by atoms with van der Waals surface area (Å²) in [4.78, 5) is 17.7. The number of aromatic nitrogens is 1. The lowest BCUT2D eigenvalue weighted by atomic mass is 10.2. The number of ether oxygens (including phenoxy) is 1. The minimum Gasteiger partial charge on any atom is -0.465 e. The fourth-order valence-corrected chi connectivity index (χ4v) is 2.01. The van der Waals surface area contributed by atoms with E-state index in [1.165, 1.54) is 19.2 Å². The molecule has 6 heteroatoms. The Bertz CT molecular complexity index is 674. The molecule has 0 aliphatic carbocycles. The van der Waals surface area contributed by atoms with Crippen molar-refractivity contribution >= 4 is 17.5 Å². The van der Waals surface area contributed by atoms with E-state index < -0.39 is 11.8 Å². The molecule has 1 N–H and O–H groups in total. The molecule has 0 fully saturated rings. The van der Waals surface area contributed by atoms with Gasteiger partial charge in [0.25, 0.3) is 0 Å².